The van der Waals surface area contributed by atoms with E-state index in [1.165, 1.54) is 11.3 Å². The molecule has 3 rings (SSSR count). The van der Waals surface area contributed by atoms with Crippen molar-refractivity contribution in [2.24, 2.45) is 0 Å². The van der Waals surface area contributed by atoms with Gasteiger partial charge in [-0.2, -0.15) is 5.10 Å². The van der Waals surface area contributed by atoms with Crippen LogP contribution in [0.25, 0.3) is 5.69 Å². The Kier molecular flexibility index (Phi) is 6.21. The molecule has 2 heterocycles. The van der Waals surface area contributed by atoms with Gasteiger partial charge in [-0.3, -0.25) is 4.79 Å². The summed E-state index contributed by atoms with van der Waals surface area (Å²) in [5.41, 5.74) is 2.21. The van der Waals surface area contributed by atoms with E-state index < -0.39 is 0 Å². The Morgan fingerprint density at radius 2 is 2.12 bits per heavy atom. The molecule has 3 aromatic rings. The molecule has 0 saturated carbocycles. The highest BCUT2D eigenvalue weighted by Gasteiger charge is 2.09. The lowest BCUT2D eigenvalue weighted by Crippen LogP contribution is -2.27. The summed E-state index contributed by atoms with van der Waals surface area (Å²) >= 11 is 7.28. The number of aromatic nitrogens is 3. The van der Waals surface area contributed by atoms with Crippen molar-refractivity contribution in [2.75, 3.05) is 25.6 Å². The Morgan fingerprint density at radius 1 is 1.31 bits per heavy atom. The lowest BCUT2D eigenvalue weighted by Gasteiger charge is -2.06. The fourth-order valence-electron chi connectivity index (χ4n) is 2.23. The van der Waals surface area contributed by atoms with E-state index in [2.05, 4.69) is 20.7 Å². The first-order valence-electron chi connectivity index (χ1n) is 7.93. The maximum Gasteiger partial charge on any atom is 0.271 e. The van der Waals surface area contributed by atoms with Gasteiger partial charge in [0.15, 0.2) is 10.2 Å². The second kappa shape index (κ2) is 8.79. The summed E-state index contributed by atoms with van der Waals surface area (Å²) in [4.78, 5) is 17.1. The number of thiazole rings is 1. The second-order valence-electron chi connectivity index (χ2n) is 5.37. The summed E-state index contributed by atoms with van der Waals surface area (Å²) in [6.07, 6.45) is 3.52. The molecule has 7 nitrogen and oxygen atoms in total. The molecule has 0 spiro atoms. The van der Waals surface area contributed by atoms with Crippen molar-refractivity contribution in [1.82, 2.24) is 20.1 Å². The van der Waals surface area contributed by atoms with Gasteiger partial charge in [0.1, 0.15) is 0 Å². The maximum absolute atomic E-state index is 12.0. The second-order valence-corrected chi connectivity index (χ2v) is 7.07. The number of ether oxygens (including phenoxy) is 1. The smallest absolute Gasteiger partial charge is 0.271 e. The molecule has 0 atom stereocenters. The first-order chi connectivity index (χ1) is 12.7. The van der Waals surface area contributed by atoms with E-state index in [9.17, 15) is 4.79 Å². The molecule has 9 heteroatoms. The molecule has 0 unspecified atom stereocenters. The van der Waals surface area contributed by atoms with Crippen LogP contribution in [0.4, 0.5) is 5.69 Å². The summed E-state index contributed by atoms with van der Waals surface area (Å²) in [7, 11) is 1.59. The molecule has 1 amide bonds. The van der Waals surface area contributed by atoms with Crippen molar-refractivity contribution >= 4 is 34.5 Å². The Hall–Kier alpha value is -2.42. The number of amides is 1. The van der Waals surface area contributed by atoms with E-state index in [0.717, 1.165) is 16.3 Å². The van der Waals surface area contributed by atoms with Gasteiger partial charge in [-0.1, -0.05) is 11.6 Å². The predicted octanol–water partition coefficient (Wildman–Crippen LogP) is 2.97. The molecular formula is C17H18ClN5O2S. The van der Waals surface area contributed by atoms with E-state index in [-0.39, 0.29) is 5.91 Å². The normalized spacial score (nSPS) is 10.7. The molecule has 1 aromatic carbocycles. The highest BCUT2D eigenvalue weighted by Crippen LogP contribution is 2.19. The minimum atomic E-state index is -0.220. The van der Waals surface area contributed by atoms with Crippen molar-refractivity contribution < 1.29 is 9.53 Å². The number of rotatable bonds is 8. The van der Waals surface area contributed by atoms with Crippen molar-refractivity contribution in [3.63, 3.8) is 0 Å². The van der Waals surface area contributed by atoms with Gasteiger partial charge >= 0.3 is 0 Å². The molecule has 0 radical (unpaired) electrons. The van der Waals surface area contributed by atoms with E-state index >= 15 is 0 Å². The number of halogens is 1. The van der Waals surface area contributed by atoms with Crippen LogP contribution in [-0.4, -0.2) is 40.9 Å². The summed E-state index contributed by atoms with van der Waals surface area (Å²) in [5, 5.41) is 10.4. The number of carbonyl (C=O) groups excluding carboxylic acids is 1. The van der Waals surface area contributed by atoms with Gasteiger partial charge in [0, 0.05) is 36.6 Å². The SMILES string of the molecule is COCCNC(=O)c1ccn(-c2ccc(NCc3cnc(Cl)s3)cc2)n1. The van der Waals surface area contributed by atoms with E-state index in [1.54, 1.807) is 30.3 Å². The van der Waals surface area contributed by atoms with Crippen molar-refractivity contribution in [1.29, 1.82) is 0 Å². The molecule has 0 aliphatic heterocycles. The van der Waals surface area contributed by atoms with Crippen LogP contribution in [0.3, 0.4) is 0 Å². The Bertz CT molecular complexity index is 862. The van der Waals surface area contributed by atoms with Crippen LogP contribution in [0.5, 0.6) is 0 Å². The summed E-state index contributed by atoms with van der Waals surface area (Å²) in [6.45, 7) is 1.58. The summed E-state index contributed by atoms with van der Waals surface area (Å²) in [5.74, 6) is -0.220. The zero-order valence-electron chi connectivity index (χ0n) is 14.1. The largest absolute Gasteiger partial charge is 0.383 e. The molecule has 0 saturated heterocycles. The number of anilines is 1. The number of methoxy groups -OCH3 is 1. The van der Waals surface area contributed by atoms with Crippen molar-refractivity contribution in [3.8, 4) is 5.69 Å². The molecular weight excluding hydrogens is 374 g/mol. The predicted molar refractivity (Wildman–Crippen MR) is 102 cm³/mol. The lowest BCUT2D eigenvalue weighted by molar-refractivity contribution is 0.0931. The van der Waals surface area contributed by atoms with Gasteiger partial charge in [0.2, 0.25) is 0 Å². The minimum Gasteiger partial charge on any atom is -0.383 e. The fourth-order valence-corrected chi connectivity index (χ4v) is 3.15. The molecule has 26 heavy (non-hydrogen) atoms. The standard InChI is InChI=1S/C17H18ClN5O2S/c1-25-9-7-19-16(24)15-6-8-23(22-15)13-4-2-12(3-5-13)20-10-14-11-21-17(18)26-14/h2-6,8,11,20H,7,9-10H2,1H3,(H,19,24). The Labute approximate surface area is 160 Å². The third kappa shape index (κ3) is 4.81. The lowest BCUT2D eigenvalue weighted by atomic mass is 10.3. The number of carbonyl (C=O) groups is 1. The van der Waals surface area contributed by atoms with Gasteiger partial charge in [-0.05, 0) is 30.3 Å². The van der Waals surface area contributed by atoms with Crippen LogP contribution in [-0.2, 0) is 11.3 Å². The molecule has 0 aliphatic carbocycles. The van der Waals surface area contributed by atoms with Crippen LogP contribution >= 0.6 is 22.9 Å². The fraction of sp³-hybridized carbons (Fsp3) is 0.235. The average Bonchev–Trinajstić information content (AvgIpc) is 3.30. The van der Waals surface area contributed by atoms with Crippen LogP contribution < -0.4 is 10.6 Å². The third-order valence-electron chi connectivity index (χ3n) is 3.54. The van der Waals surface area contributed by atoms with Gasteiger partial charge in [-0.15, -0.1) is 11.3 Å². The van der Waals surface area contributed by atoms with Crippen molar-refractivity contribution in [3.05, 3.63) is 57.8 Å². The van der Waals surface area contributed by atoms with Crippen LogP contribution in [0, 0.1) is 0 Å². The molecule has 0 aliphatic rings. The van der Waals surface area contributed by atoms with Gasteiger partial charge in [0.05, 0.1) is 18.8 Å². The number of benzene rings is 1. The quantitative estimate of drug-likeness (QED) is 0.577. The van der Waals surface area contributed by atoms with Crippen LogP contribution in [0.15, 0.2) is 42.7 Å². The monoisotopic (exact) mass is 391 g/mol. The van der Waals surface area contributed by atoms with Gasteiger partial charge < -0.3 is 15.4 Å². The molecule has 0 fully saturated rings. The molecule has 2 N–H and O–H groups in total. The Balaban J connectivity index is 1.59. The van der Waals surface area contributed by atoms with Gasteiger partial charge in [-0.25, -0.2) is 9.67 Å². The number of hydrogen-bond acceptors (Lipinski definition) is 6. The first-order valence-corrected chi connectivity index (χ1v) is 9.12. The van der Waals surface area contributed by atoms with E-state index in [4.69, 9.17) is 16.3 Å². The first kappa shape index (κ1) is 18.4. The highest BCUT2D eigenvalue weighted by atomic mass is 35.5. The van der Waals surface area contributed by atoms with E-state index in [0.29, 0.717) is 29.9 Å². The molecule has 2 aromatic heterocycles. The topological polar surface area (TPSA) is 81.1 Å². The highest BCUT2D eigenvalue weighted by molar-refractivity contribution is 7.15. The van der Waals surface area contributed by atoms with Crippen molar-refractivity contribution in [2.45, 2.75) is 6.54 Å². The molecule has 0 bridgehead atoms. The Morgan fingerprint density at radius 3 is 2.81 bits per heavy atom. The van der Waals surface area contributed by atoms with E-state index in [1.807, 2.05) is 24.3 Å². The van der Waals surface area contributed by atoms with Gasteiger partial charge in [0.25, 0.3) is 5.91 Å². The average molecular weight is 392 g/mol. The maximum atomic E-state index is 12.0. The van der Waals surface area contributed by atoms with Crippen LogP contribution in [0.1, 0.15) is 15.4 Å². The summed E-state index contributed by atoms with van der Waals surface area (Å²) in [6, 6.07) is 9.46. The zero-order chi connectivity index (χ0) is 18.4. The summed E-state index contributed by atoms with van der Waals surface area (Å²) < 4.78 is 7.11. The molecule has 136 valence electrons. The zero-order valence-corrected chi connectivity index (χ0v) is 15.7. The van der Waals surface area contributed by atoms with Crippen LogP contribution in [0.2, 0.25) is 4.47 Å². The third-order valence-corrected chi connectivity index (χ3v) is 4.65. The minimum absolute atomic E-state index is 0.220. The number of nitrogens with one attached hydrogen (secondary N) is 2. The number of hydrogen-bond donors (Lipinski definition) is 2. The number of nitrogens with zero attached hydrogens (tertiary/aromatic N) is 3.